The molecule has 0 bridgehead atoms. The van der Waals surface area contributed by atoms with E-state index in [-0.39, 0.29) is 24.3 Å². The predicted octanol–water partition coefficient (Wildman–Crippen LogP) is 9.03. The third-order valence-electron chi connectivity index (χ3n) is 7.95. The van der Waals surface area contributed by atoms with Crippen molar-refractivity contribution in [3.05, 3.63) is 179 Å². The summed E-state index contributed by atoms with van der Waals surface area (Å²) in [5.74, 6) is -1.12. The summed E-state index contributed by atoms with van der Waals surface area (Å²) >= 11 is 0. The molecule has 0 aliphatic rings. The van der Waals surface area contributed by atoms with Gasteiger partial charge in [0.15, 0.2) is 5.75 Å². The summed E-state index contributed by atoms with van der Waals surface area (Å²) in [7, 11) is 0. The molecule has 6 aromatic rings. The van der Waals surface area contributed by atoms with Gasteiger partial charge in [-0.25, -0.2) is 14.5 Å². The van der Waals surface area contributed by atoms with Crippen molar-refractivity contribution in [2.75, 3.05) is 0 Å². The van der Waals surface area contributed by atoms with Gasteiger partial charge in [-0.15, -0.1) is 0 Å². The van der Waals surface area contributed by atoms with Crippen molar-refractivity contribution < 1.29 is 39.4 Å². The quantitative estimate of drug-likeness (QED) is 0.0550. The van der Waals surface area contributed by atoms with Gasteiger partial charge < -0.3 is 14.7 Å². The molecule has 6 aromatic carbocycles. The van der Waals surface area contributed by atoms with Gasteiger partial charge in [0, 0.05) is 0 Å². The van der Waals surface area contributed by atoms with Crippen LogP contribution < -0.4 is 9.62 Å². The molecule has 6 rings (SSSR count). The highest BCUT2D eigenvalue weighted by atomic mass is 17.2. The molecule has 8 nitrogen and oxygen atoms in total. The summed E-state index contributed by atoms with van der Waals surface area (Å²) in [6.45, 7) is 0.175. The molecule has 0 saturated carbocycles. The second kappa shape index (κ2) is 15.7. The molecule has 0 fully saturated rings. The lowest BCUT2D eigenvalue weighted by atomic mass is 9.99. The summed E-state index contributed by atoms with van der Waals surface area (Å²) in [5.41, 5.74) is 7.11. The van der Waals surface area contributed by atoms with Crippen LogP contribution >= 0.6 is 0 Å². The summed E-state index contributed by atoms with van der Waals surface area (Å²) < 4.78 is 5.57. The number of carboxylic acid groups (broad SMARTS) is 1. The van der Waals surface area contributed by atoms with Crippen molar-refractivity contribution >= 4 is 11.9 Å². The molecule has 2 N–H and O–H groups in total. The Morgan fingerprint density at radius 3 is 1.69 bits per heavy atom. The van der Waals surface area contributed by atoms with Crippen LogP contribution in [0.4, 0.5) is 0 Å². The van der Waals surface area contributed by atoms with E-state index in [1.54, 1.807) is 24.3 Å². The van der Waals surface area contributed by atoms with Crippen molar-refractivity contribution in [2.45, 2.75) is 19.6 Å². The molecule has 0 saturated heterocycles. The Hall–Kier alpha value is -6.06. The van der Waals surface area contributed by atoms with Crippen molar-refractivity contribution in [1.29, 1.82) is 0 Å². The maximum Gasteiger partial charge on any atom is 0.344 e. The highest BCUT2D eigenvalue weighted by Gasteiger charge is 2.20. The van der Waals surface area contributed by atoms with Crippen LogP contribution in [0.5, 0.6) is 11.5 Å². The average Bonchev–Trinajstić information content (AvgIpc) is 3.14. The zero-order valence-electron chi connectivity index (χ0n) is 26.3. The Labute approximate surface area is 283 Å². The minimum absolute atomic E-state index is 0.0236. The number of ether oxygens (including phenoxy) is 1. The minimum atomic E-state index is -1.21. The Kier molecular flexibility index (Phi) is 10.5. The van der Waals surface area contributed by atoms with E-state index in [1.165, 1.54) is 6.07 Å². The molecule has 8 heteroatoms. The van der Waals surface area contributed by atoms with Crippen LogP contribution in [-0.2, 0) is 29.4 Å². The second-order valence-electron chi connectivity index (χ2n) is 11.3. The van der Waals surface area contributed by atoms with Crippen LogP contribution in [0, 0.1) is 0 Å². The van der Waals surface area contributed by atoms with E-state index < -0.39 is 11.9 Å². The molecule has 0 unspecified atom stereocenters. The number of hydrogen-bond donors (Lipinski definition) is 2. The normalized spacial score (nSPS) is 10.8. The van der Waals surface area contributed by atoms with Crippen LogP contribution in [0.25, 0.3) is 22.3 Å². The van der Waals surface area contributed by atoms with Gasteiger partial charge in [0.2, 0.25) is 0 Å². The Morgan fingerprint density at radius 1 is 0.531 bits per heavy atom. The van der Waals surface area contributed by atoms with Crippen LogP contribution in [0.3, 0.4) is 0 Å². The molecule has 0 radical (unpaired) electrons. The number of hydrogen-bond acceptors (Lipinski definition) is 7. The maximum atomic E-state index is 13.1. The number of carbonyl (C=O) groups is 2. The lowest BCUT2D eigenvalue weighted by Crippen LogP contribution is -2.14. The fourth-order valence-corrected chi connectivity index (χ4v) is 5.39. The zero-order valence-corrected chi connectivity index (χ0v) is 26.3. The molecule has 0 aromatic heterocycles. The first-order valence-electron chi connectivity index (χ1n) is 15.5. The topological polar surface area (TPSA) is 112 Å². The maximum absolute atomic E-state index is 13.1. The molecule has 0 aliphatic heterocycles. The van der Waals surface area contributed by atoms with Gasteiger partial charge in [-0.05, 0) is 93.4 Å². The highest BCUT2D eigenvalue weighted by molar-refractivity contribution is 6.04. The molecule has 0 amide bonds. The van der Waals surface area contributed by atoms with E-state index >= 15 is 0 Å². The molecule has 0 aliphatic carbocycles. The fraction of sp³-hybridized carbons (Fsp3) is 0.0732. The van der Waals surface area contributed by atoms with Crippen molar-refractivity contribution in [2.24, 2.45) is 0 Å². The monoisotopic (exact) mass is 652 g/mol. The van der Waals surface area contributed by atoms with Gasteiger partial charge in [-0.3, -0.25) is 5.26 Å². The van der Waals surface area contributed by atoms with Crippen molar-refractivity contribution in [3.8, 4) is 33.8 Å². The summed E-state index contributed by atoms with van der Waals surface area (Å²) in [5, 5.41) is 18.7. The van der Waals surface area contributed by atoms with Gasteiger partial charge in [0.05, 0.1) is 11.1 Å². The molecular formula is C41H32O8. The van der Waals surface area contributed by atoms with Crippen LogP contribution in [0.15, 0.2) is 146 Å². The largest absolute Gasteiger partial charge is 0.478 e. The summed E-state index contributed by atoms with van der Waals surface area (Å²) in [4.78, 5) is 40.4. The number of rotatable bonds is 13. The third-order valence-corrected chi connectivity index (χ3v) is 7.95. The molecule has 0 spiro atoms. The van der Waals surface area contributed by atoms with E-state index in [2.05, 4.69) is 4.89 Å². The molecule has 49 heavy (non-hydrogen) atoms. The van der Waals surface area contributed by atoms with Crippen LogP contribution in [-0.4, -0.2) is 22.3 Å². The van der Waals surface area contributed by atoms with E-state index in [1.807, 2.05) is 115 Å². The van der Waals surface area contributed by atoms with E-state index in [4.69, 9.17) is 19.8 Å². The van der Waals surface area contributed by atoms with Gasteiger partial charge >= 0.3 is 11.9 Å². The lowest BCUT2D eigenvalue weighted by molar-refractivity contribution is -0.253. The molecule has 244 valence electrons. The number of esters is 1. The van der Waals surface area contributed by atoms with Crippen LogP contribution in [0.1, 0.15) is 43.0 Å². The smallest absolute Gasteiger partial charge is 0.344 e. The Morgan fingerprint density at radius 2 is 1.10 bits per heavy atom. The van der Waals surface area contributed by atoms with Crippen molar-refractivity contribution in [3.63, 3.8) is 0 Å². The lowest BCUT2D eigenvalue weighted by Gasteiger charge is -2.12. The number of benzene rings is 6. The number of aromatic carboxylic acids is 1. The molecule has 0 atom stereocenters. The van der Waals surface area contributed by atoms with Gasteiger partial charge in [-0.1, -0.05) is 103 Å². The van der Waals surface area contributed by atoms with Crippen LogP contribution in [0.2, 0.25) is 0 Å². The van der Waals surface area contributed by atoms with Gasteiger partial charge in [-0.2, -0.15) is 4.89 Å². The molecular weight excluding hydrogens is 620 g/mol. The standard InChI is InChI=1S/C41H32O8/c42-40(43)38-22-17-33(31-9-5-2-6-10-31)25-39(38)41(44)48-36-18-11-28(12-19-36)23-29-13-20-37(21-14-29)49-47-27-35-24-32(15-16-34(35)26-46-45)30-7-3-1-4-8-30/h1-22,24-25,45H,23,26-27H2,(H,42,43). The number of carboxylic acids is 1. The first-order valence-corrected chi connectivity index (χ1v) is 15.5. The second-order valence-corrected chi connectivity index (χ2v) is 11.3. The van der Waals surface area contributed by atoms with Crippen molar-refractivity contribution in [1.82, 2.24) is 0 Å². The zero-order chi connectivity index (χ0) is 34.0. The van der Waals surface area contributed by atoms with Gasteiger partial charge in [0.25, 0.3) is 0 Å². The molecule has 0 heterocycles. The summed E-state index contributed by atoms with van der Waals surface area (Å²) in [6, 6.07) is 44.4. The predicted molar refractivity (Wildman–Crippen MR) is 184 cm³/mol. The SMILES string of the molecule is O=C(O)c1ccc(-c2ccccc2)cc1C(=O)Oc1ccc(Cc2ccc(OOCc3cc(-c4ccccc4)ccc3COO)cc2)cc1. The first-order chi connectivity index (χ1) is 24.0. The minimum Gasteiger partial charge on any atom is -0.478 e. The average molecular weight is 653 g/mol. The third kappa shape index (κ3) is 8.46. The number of carbonyl (C=O) groups excluding carboxylic acids is 1. The van der Waals surface area contributed by atoms with Gasteiger partial charge in [0.1, 0.15) is 19.0 Å². The first kappa shape index (κ1) is 32.9. The highest BCUT2D eigenvalue weighted by Crippen LogP contribution is 2.26. The Balaban J connectivity index is 1.05. The van der Waals surface area contributed by atoms with E-state index in [0.29, 0.717) is 23.5 Å². The van der Waals surface area contributed by atoms with E-state index in [0.717, 1.165) is 38.9 Å². The fourth-order valence-electron chi connectivity index (χ4n) is 5.39. The van der Waals surface area contributed by atoms with E-state index in [9.17, 15) is 14.7 Å². The Bertz CT molecular complexity index is 2020. The summed E-state index contributed by atoms with van der Waals surface area (Å²) in [6.07, 6.45) is 0.619.